The van der Waals surface area contributed by atoms with Crippen LogP contribution in [0.4, 0.5) is 0 Å². The van der Waals surface area contributed by atoms with E-state index in [0.717, 1.165) is 83.5 Å². The number of ether oxygens (including phenoxy) is 3. The van der Waals surface area contributed by atoms with Crippen LogP contribution in [-0.2, 0) is 28.6 Å². The minimum absolute atomic E-state index is 0.0683. The lowest BCUT2D eigenvalue weighted by atomic mass is 10.0. The van der Waals surface area contributed by atoms with Gasteiger partial charge in [-0.25, -0.2) is 0 Å². The first-order chi connectivity index (χ1) is 41.0. The van der Waals surface area contributed by atoms with E-state index in [1.165, 1.54) is 270 Å². The second kappa shape index (κ2) is 71.6. The molecule has 0 bridgehead atoms. The molecule has 0 aliphatic carbocycles. The summed E-state index contributed by atoms with van der Waals surface area (Å²) >= 11 is 0. The van der Waals surface area contributed by atoms with E-state index in [1.807, 2.05) is 0 Å². The number of carbonyl (C=O) groups is 3. The Morgan fingerprint density at radius 3 is 0.747 bits per heavy atom. The van der Waals surface area contributed by atoms with Gasteiger partial charge < -0.3 is 14.2 Å². The molecule has 0 spiro atoms. The minimum atomic E-state index is -0.772. The molecule has 1 unspecified atom stereocenters. The van der Waals surface area contributed by atoms with Crippen molar-refractivity contribution in [2.75, 3.05) is 13.2 Å². The first-order valence-electron chi connectivity index (χ1n) is 36.8. The van der Waals surface area contributed by atoms with Crippen LogP contribution >= 0.6 is 0 Å². The van der Waals surface area contributed by atoms with Crippen molar-refractivity contribution in [3.05, 3.63) is 60.8 Å². The van der Waals surface area contributed by atoms with Crippen LogP contribution in [0.5, 0.6) is 0 Å². The fourth-order valence-electron chi connectivity index (χ4n) is 11.0. The third-order valence-electron chi connectivity index (χ3n) is 16.5. The maximum atomic E-state index is 13.0. The molecule has 6 heteroatoms. The van der Waals surface area contributed by atoms with Gasteiger partial charge in [0.2, 0.25) is 0 Å². The van der Waals surface area contributed by atoms with Crippen LogP contribution < -0.4 is 0 Å². The van der Waals surface area contributed by atoms with Gasteiger partial charge in [-0.2, -0.15) is 0 Å². The Hall–Kier alpha value is -2.89. The van der Waals surface area contributed by atoms with Gasteiger partial charge in [0.1, 0.15) is 13.2 Å². The molecule has 484 valence electrons. The van der Waals surface area contributed by atoms with Crippen LogP contribution in [0.3, 0.4) is 0 Å². The Morgan fingerprint density at radius 1 is 0.253 bits per heavy atom. The molecule has 0 radical (unpaired) electrons. The molecular weight excluding hydrogens is 1020 g/mol. The molecule has 0 amide bonds. The van der Waals surface area contributed by atoms with Gasteiger partial charge in [0.05, 0.1) is 0 Å². The fourth-order valence-corrected chi connectivity index (χ4v) is 11.0. The summed E-state index contributed by atoms with van der Waals surface area (Å²) in [6.45, 7) is 6.59. The highest BCUT2D eigenvalue weighted by atomic mass is 16.6. The highest BCUT2D eigenvalue weighted by Crippen LogP contribution is 2.18. The van der Waals surface area contributed by atoms with Crippen molar-refractivity contribution in [1.29, 1.82) is 0 Å². The Morgan fingerprint density at radius 2 is 0.470 bits per heavy atom. The van der Waals surface area contributed by atoms with Crippen molar-refractivity contribution < 1.29 is 28.6 Å². The topological polar surface area (TPSA) is 78.9 Å². The molecule has 0 aromatic heterocycles. The predicted octanol–water partition coefficient (Wildman–Crippen LogP) is 25.5. The largest absolute Gasteiger partial charge is 0.462 e. The molecule has 0 N–H and O–H groups in total. The normalized spacial score (nSPS) is 12.4. The third kappa shape index (κ3) is 69.8. The molecule has 0 aliphatic heterocycles. The van der Waals surface area contributed by atoms with Crippen molar-refractivity contribution >= 4 is 17.9 Å². The first-order valence-corrected chi connectivity index (χ1v) is 36.8. The van der Waals surface area contributed by atoms with Crippen molar-refractivity contribution in [3.8, 4) is 0 Å². The second-order valence-electron chi connectivity index (χ2n) is 24.8. The van der Waals surface area contributed by atoms with Crippen LogP contribution in [0.2, 0.25) is 0 Å². The van der Waals surface area contributed by atoms with E-state index < -0.39 is 6.10 Å². The van der Waals surface area contributed by atoms with Crippen molar-refractivity contribution in [2.24, 2.45) is 0 Å². The van der Waals surface area contributed by atoms with Gasteiger partial charge in [0.15, 0.2) is 6.10 Å². The van der Waals surface area contributed by atoms with Gasteiger partial charge in [-0.1, -0.05) is 351 Å². The van der Waals surface area contributed by atoms with E-state index in [4.69, 9.17) is 14.2 Å². The molecule has 0 heterocycles. The van der Waals surface area contributed by atoms with E-state index in [0.29, 0.717) is 19.3 Å². The number of hydrogen-bond donors (Lipinski definition) is 0. The zero-order valence-electron chi connectivity index (χ0n) is 55.7. The third-order valence-corrected chi connectivity index (χ3v) is 16.5. The van der Waals surface area contributed by atoms with E-state index in [2.05, 4.69) is 81.5 Å². The summed E-state index contributed by atoms with van der Waals surface area (Å²) in [6, 6.07) is 0. The summed E-state index contributed by atoms with van der Waals surface area (Å²) in [4.78, 5) is 38.4. The highest BCUT2D eigenvalue weighted by Gasteiger charge is 2.19. The SMILES string of the molecule is CC/C=C\C/C=C\C/C=C\C/C=C\CCCCCCCCCCCCCCCCC(=O)OCC(COC(=O)CCCCCCCCCCCCC)OC(=O)CCCCCCCCCCCCCCCCC/C=C\CCCCCCCCCC. The molecule has 0 aromatic carbocycles. The smallest absolute Gasteiger partial charge is 0.306 e. The van der Waals surface area contributed by atoms with E-state index >= 15 is 0 Å². The quantitative estimate of drug-likeness (QED) is 0.0261. The minimum Gasteiger partial charge on any atom is -0.462 e. The molecule has 0 aliphatic rings. The molecule has 0 fully saturated rings. The van der Waals surface area contributed by atoms with Gasteiger partial charge in [-0.15, -0.1) is 0 Å². The standard InChI is InChI=1S/C77H140O6/c1-4-7-10-13-16-19-22-24-26-28-30-32-34-36-38-40-42-44-46-48-50-52-55-58-61-64-67-70-76(79)82-73-74(72-81-75(78)69-66-63-60-57-54-21-18-15-12-9-6-3)83-77(80)71-68-65-62-59-56-53-51-49-47-45-43-41-39-37-35-33-31-29-27-25-23-20-17-14-11-8-5-2/h7,10,16,19,24,26,29-32,74H,4-6,8-9,11-15,17-18,20-23,25,27-28,33-73H2,1-3H3/b10-7-,19-16-,26-24-,31-29-,32-30-. The van der Waals surface area contributed by atoms with Gasteiger partial charge in [-0.3, -0.25) is 14.4 Å². The molecule has 0 aromatic rings. The maximum absolute atomic E-state index is 13.0. The Bertz CT molecular complexity index is 1470. The monoisotopic (exact) mass is 1160 g/mol. The fraction of sp³-hybridized carbons (Fsp3) is 0.831. The maximum Gasteiger partial charge on any atom is 0.306 e. The van der Waals surface area contributed by atoms with Crippen LogP contribution in [0.15, 0.2) is 60.8 Å². The number of rotatable bonds is 68. The summed E-state index contributed by atoms with van der Waals surface area (Å²) in [5.41, 5.74) is 0. The Kier molecular flexibility index (Phi) is 69.1. The van der Waals surface area contributed by atoms with Crippen molar-refractivity contribution in [1.82, 2.24) is 0 Å². The van der Waals surface area contributed by atoms with Gasteiger partial charge in [0, 0.05) is 19.3 Å². The summed E-state index contributed by atoms with van der Waals surface area (Å²) in [6.07, 6.45) is 92.7. The van der Waals surface area contributed by atoms with E-state index in [1.54, 1.807) is 0 Å². The van der Waals surface area contributed by atoms with Crippen LogP contribution in [0, 0.1) is 0 Å². The second-order valence-corrected chi connectivity index (χ2v) is 24.8. The summed E-state index contributed by atoms with van der Waals surface area (Å²) < 4.78 is 17.0. The summed E-state index contributed by atoms with van der Waals surface area (Å²) in [7, 11) is 0. The van der Waals surface area contributed by atoms with Crippen LogP contribution in [0.25, 0.3) is 0 Å². The molecule has 0 rings (SSSR count). The van der Waals surface area contributed by atoms with Crippen LogP contribution in [0.1, 0.15) is 393 Å². The molecule has 83 heavy (non-hydrogen) atoms. The molecule has 0 saturated carbocycles. The van der Waals surface area contributed by atoms with E-state index in [-0.39, 0.29) is 31.1 Å². The van der Waals surface area contributed by atoms with E-state index in [9.17, 15) is 14.4 Å². The summed E-state index contributed by atoms with van der Waals surface area (Å²) in [5.74, 6) is -0.843. The number of hydrogen-bond acceptors (Lipinski definition) is 6. The number of carbonyl (C=O) groups excluding carboxylic acids is 3. The average Bonchev–Trinajstić information content (AvgIpc) is 3.48. The number of allylic oxidation sites excluding steroid dienone is 10. The van der Waals surface area contributed by atoms with Crippen LogP contribution in [-0.4, -0.2) is 37.2 Å². The number of unbranched alkanes of at least 4 members (excludes halogenated alkanes) is 47. The van der Waals surface area contributed by atoms with Crippen molar-refractivity contribution in [2.45, 2.75) is 399 Å². The zero-order chi connectivity index (χ0) is 59.9. The number of esters is 3. The molecule has 6 nitrogen and oxygen atoms in total. The van der Waals surface area contributed by atoms with Gasteiger partial charge in [0.25, 0.3) is 0 Å². The summed E-state index contributed by atoms with van der Waals surface area (Å²) in [5, 5.41) is 0. The molecule has 0 saturated heterocycles. The highest BCUT2D eigenvalue weighted by molar-refractivity contribution is 5.71. The Balaban J connectivity index is 4.16. The molecular formula is C77H140O6. The Labute approximate surface area is 517 Å². The van der Waals surface area contributed by atoms with Gasteiger partial charge in [-0.05, 0) is 83.5 Å². The van der Waals surface area contributed by atoms with Crippen molar-refractivity contribution in [3.63, 3.8) is 0 Å². The lowest BCUT2D eigenvalue weighted by molar-refractivity contribution is -0.167. The lowest BCUT2D eigenvalue weighted by Gasteiger charge is -2.18. The first kappa shape index (κ1) is 80.1. The zero-order valence-corrected chi connectivity index (χ0v) is 55.7. The lowest BCUT2D eigenvalue weighted by Crippen LogP contribution is -2.30. The van der Waals surface area contributed by atoms with Gasteiger partial charge >= 0.3 is 17.9 Å². The predicted molar refractivity (Wildman–Crippen MR) is 362 cm³/mol. The molecule has 1 atom stereocenters. The average molecular weight is 1160 g/mol.